The van der Waals surface area contributed by atoms with Gasteiger partial charge in [0.05, 0.1) is 23.8 Å². The van der Waals surface area contributed by atoms with E-state index in [1.165, 1.54) is 6.08 Å². The molecule has 0 aliphatic carbocycles. The van der Waals surface area contributed by atoms with E-state index in [1.54, 1.807) is 41.2 Å². The predicted molar refractivity (Wildman–Crippen MR) is 130 cm³/mol. The van der Waals surface area contributed by atoms with Crippen molar-refractivity contribution in [3.8, 4) is 17.2 Å². The van der Waals surface area contributed by atoms with Crippen LogP contribution < -0.4 is 5.73 Å². The summed E-state index contributed by atoms with van der Waals surface area (Å²) < 4.78 is 1.78. The van der Waals surface area contributed by atoms with E-state index in [2.05, 4.69) is 5.10 Å². The molecule has 0 unspecified atom stereocenters. The van der Waals surface area contributed by atoms with Gasteiger partial charge in [-0.2, -0.15) is 10.4 Å². The molecule has 0 atom stereocenters. The molecule has 2 N–H and O–H groups in total. The van der Waals surface area contributed by atoms with Crippen molar-refractivity contribution in [1.82, 2.24) is 14.7 Å². The minimum atomic E-state index is -0.675. The number of carbonyl (C=O) groups excluding carboxylic acids is 2. The van der Waals surface area contributed by atoms with E-state index in [4.69, 9.17) is 17.3 Å². The van der Waals surface area contributed by atoms with E-state index in [1.807, 2.05) is 37.4 Å². The summed E-state index contributed by atoms with van der Waals surface area (Å²) in [5.41, 5.74) is 10.5. The van der Waals surface area contributed by atoms with Gasteiger partial charge < -0.3 is 5.73 Å². The SMILES string of the molecule is Cn1ncc2ccc(-c3ccc(N)c4c3CN(C(=O)/C(C#N)=C/c3ccc(Cl)cc3)C4=O)cc21. The third-order valence-corrected chi connectivity index (χ3v) is 6.21. The summed E-state index contributed by atoms with van der Waals surface area (Å²) in [5.74, 6) is -1.19. The number of hydrogen-bond donors (Lipinski definition) is 1. The summed E-state index contributed by atoms with van der Waals surface area (Å²) in [6, 6.07) is 18.0. The normalized spacial score (nSPS) is 13.3. The van der Waals surface area contributed by atoms with Gasteiger partial charge in [-0.3, -0.25) is 19.2 Å². The summed E-state index contributed by atoms with van der Waals surface area (Å²) >= 11 is 5.91. The summed E-state index contributed by atoms with van der Waals surface area (Å²) in [4.78, 5) is 27.5. The molecule has 0 radical (unpaired) electrons. The average Bonchev–Trinajstić information content (AvgIpc) is 3.39. The van der Waals surface area contributed by atoms with Gasteiger partial charge in [0.2, 0.25) is 0 Å². The van der Waals surface area contributed by atoms with Gasteiger partial charge in [-0.1, -0.05) is 41.9 Å². The average molecular weight is 468 g/mol. The molecule has 0 bridgehead atoms. The van der Waals surface area contributed by atoms with Crippen LogP contribution in [0.15, 0.2) is 66.4 Å². The first-order chi connectivity index (χ1) is 16.4. The smallest absolute Gasteiger partial charge is 0.271 e. The van der Waals surface area contributed by atoms with Crippen LogP contribution in [0.2, 0.25) is 5.02 Å². The Bertz CT molecular complexity index is 1560. The molecule has 5 rings (SSSR count). The number of nitriles is 1. The number of nitrogen functional groups attached to an aromatic ring is 1. The Labute approximate surface area is 200 Å². The van der Waals surface area contributed by atoms with Gasteiger partial charge in [0.15, 0.2) is 0 Å². The number of aromatic nitrogens is 2. The Balaban J connectivity index is 1.54. The topological polar surface area (TPSA) is 105 Å². The summed E-state index contributed by atoms with van der Waals surface area (Å²) in [7, 11) is 1.86. The first kappa shape index (κ1) is 21.4. The van der Waals surface area contributed by atoms with E-state index in [0.717, 1.165) is 26.9 Å². The summed E-state index contributed by atoms with van der Waals surface area (Å²) in [5, 5.41) is 15.4. The predicted octanol–water partition coefficient (Wildman–Crippen LogP) is 4.57. The number of carbonyl (C=O) groups is 2. The monoisotopic (exact) mass is 467 g/mol. The highest BCUT2D eigenvalue weighted by Gasteiger charge is 2.37. The lowest BCUT2D eigenvalue weighted by atomic mass is 9.95. The van der Waals surface area contributed by atoms with Crippen LogP contribution in [0.25, 0.3) is 28.1 Å². The highest BCUT2D eigenvalue weighted by atomic mass is 35.5. The van der Waals surface area contributed by atoms with Crippen molar-refractivity contribution in [2.75, 3.05) is 5.73 Å². The number of aryl methyl sites for hydroxylation is 1. The molecule has 3 aromatic carbocycles. The highest BCUT2D eigenvalue weighted by molar-refractivity contribution is 6.30. The van der Waals surface area contributed by atoms with Crippen molar-refractivity contribution in [3.05, 3.63) is 88.1 Å². The molecule has 0 saturated heterocycles. The summed E-state index contributed by atoms with van der Waals surface area (Å²) in [6.07, 6.45) is 3.22. The van der Waals surface area contributed by atoms with Crippen LogP contribution in [0.3, 0.4) is 0 Å². The van der Waals surface area contributed by atoms with Crippen molar-refractivity contribution in [2.45, 2.75) is 6.54 Å². The highest BCUT2D eigenvalue weighted by Crippen LogP contribution is 2.37. The van der Waals surface area contributed by atoms with Crippen molar-refractivity contribution in [1.29, 1.82) is 5.26 Å². The number of hydrogen-bond acceptors (Lipinski definition) is 5. The van der Waals surface area contributed by atoms with Crippen LogP contribution in [-0.2, 0) is 18.4 Å². The van der Waals surface area contributed by atoms with Crippen molar-refractivity contribution >= 4 is 46.1 Å². The standard InChI is InChI=1S/C26H18ClN5O2/c1-31-23-11-16(4-5-17(23)13-30-31)20-8-9-22(29)24-21(20)14-32(26(24)34)25(33)18(12-28)10-15-2-6-19(27)7-3-15/h2-11,13H,14,29H2,1H3/b18-10+. The number of nitrogens with two attached hydrogens (primary N) is 1. The number of rotatable bonds is 3. The van der Waals surface area contributed by atoms with Crippen LogP contribution >= 0.6 is 11.6 Å². The zero-order valence-electron chi connectivity index (χ0n) is 18.1. The van der Waals surface area contributed by atoms with Crippen LogP contribution in [0.1, 0.15) is 21.5 Å². The molecule has 0 spiro atoms. The Morgan fingerprint density at radius 3 is 2.68 bits per heavy atom. The summed E-state index contributed by atoms with van der Waals surface area (Å²) in [6.45, 7) is 0.0242. The molecule has 2 amide bonds. The fourth-order valence-electron chi connectivity index (χ4n) is 4.21. The molecule has 8 heteroatoms. The zero-order valence-corrected chi connectivity index (χ0v) is 18.9. The largest absolute Gasteiger partial charge is 0.398 e. The fraction of sp³-hybridized carbons (Fsp3) is 0.0769. The molecular weight excluding hydrogens is 450 g/mol. The minimum absolute atomic E-state index is 0.0242. The number of imide groups is 1. The van der Waals surface area contributed by atoms with Gasteiger partial charge >= 0.3 is 0 Å². The number of halogens is 1. The number of amides is 2. The zero-order chi connectivity index (χ0) is 24.0. The van der Waals surface area contributed by atoms with E-state index in [-0.39, 0.29) is 12.1 Å². The molecule has 166 valence electrons. The lowest BCUT2D eigenvalue weighted by Crippen LogP contribution is -2.32. The van der Waals surface area contributed by atoms with Gasteiger partial charge in [-0.15, -0.1) is 0 Å². The van der Waals surface area contributed by atoms with E-state index < -0.39 is 11.8 Å². The molecule has 1 aliphatic rings. The lowest BCUT2D eigenvalue weighted by Gasteiger charge is -2.13. The molecule has 4 aromatic rings. The van der Waals surface area contributed by atoms with Crippen molar-refractivity contribution in [2.24, 2.45) is 7.05 Å². The van der Waals surface area contributed by atoms with Gasteiger partial charge in [0.1, 0.15) is 11.6 Å². The molecule has 0 fully saturated rings. The Hall–Kier alpha value is -4.41. The van der Waals surface area contributed by atoms with Gasteiger partial charge in [0.25, 0.3) is 11.8 Å². The lowest BCUT2D eigenvalue weighted by molar-refractivity contribution is -0.124. The van der Waals surface area contributed by atoms with Crippen LogP contribution in [0.5, 0.6) is 0 Å². The second kappa shape index (κ2) is 8.18. The molecule has 7 nitrogen and oxygen atoms in total. The minimum Gasteiger partial charge on any atom is -0.398 e. The van der Waals surface area contributed by atoms with Crippen LogP contribution in [-0.4, -0.2) is 26.5 Å². The molecule has 0 saturated carbocycles. The molecule has 34 heavy (non-hydrogen) atoms. The van der Waals surface area contributed by atoms with Crippen LogP contribution in [0, 0.1) is 11.3 Å². The van der Waals surface area contributed by atoms with Crippen LogP contribution in [0.4, 0.5) is 5.69 Å². The molecular formula is C26H18ClN5O2. The van der Waals surface area contributed by atoms with E-state index in [9.17, 15) is 14.9 Å². The maximum Gasteiger partial charge on any atom is 0.271 e. The third kappa shape index (κ3) is 3.51. The van der Waals surface area contributed by atoms with Gasteiger partial charge in [-0.25, -0.2) is 0 Å². The Kier molecular flexibility index (Phi) is 5.16. The number of anilines is 1. The molecule has 1 aromatic heterocycles. The van der Waals surface area contributed by atoms with E-state index in [0.29, 0.717) is 27.4 Å². The first-order valence-corrected chi connectivity index (χ1v) is 10.8. The van der Waals surface area contributed by atoms with Crippen molar-refractivity contribution in [3.63, 3.8) is 0 Å². The maximum atomic E-state index is 13.2. The quantitative estimate of drug-likeness (QED) is 0.270. The molecule has 2 heterocycles. The number of benzene rings is 3. The second-order valence-corrected chi connectivity index (χ2v) is 8.45. The Morgan fingerprint density at radius 2 is 1.94 bits per heavy atom. The fourth-order valence-corrected chi connectivity index (χ4v) is 4.33. The van der Waals surface area contributed by atoms with Gasteiger partial charge in [-0.05, 0) is 52.6 Å². The second-order valence-electron chi connectivity index (χ2n) is 8.02. The maximum absolute atomic E-state index is 13.2. The third-order valence-electron chi connectivity index (χ3n) is 5.96. The number of nitrogens with zero attached hydrogens (tertiary/aromatic N) is 4. The van der Waals surface area contributed by atoms with Crippen molar-refractivity contribution < 1.29 is 9.59 Å². The van der Waals surface area contributed by atoms with Gasteiger partial charge in [0, 0.05) is 23.1 Å². The Morgan fingerprint density at radius 1 is 1.18 bits per heavy atom. The van der Waals surface area contributed by atoms with E-state index >= 15 is 0 Å². The molecule has 1 aliphatic heterocycles. The first-order valence-electron chi connectivity index (χ1n) is 10.4. The number of fused-ring (bicyclic) bond motifs is 2.